The first-order valence-corrected chi connectivity index (χ1v) is 9.53. The van der Waals surface area contributed by atoms with Crippen molar-refractivity contribution < 1.29 is 9.59 Å². The zero-order valence-electron chi connectivity index (χ0n) is 16.7. The van der Waals surface area contributed by atoms with Gasteiger partial charge in [0.15, 0.2) is 0 Å². The van der Waals surface area contributed by atoms with E-state index in [4.69, 9.17) is 0 Å². The van der Waals surface area contributed by atoms with E-state index in [9.17, 15) is 9.59 Å². The van der Waals surface area contributed by atoms with Crippen LogP contribution in [0.3, 0.4) is 0 Å². The zero-order chi connectivity index (χ0) is 19.8. The lowest BCUT2D eigenvalue weighted by molar-refractivity contribution is -0.140. The van der Waals surface area contributed by atoms with Crippen LogP contribution in [0.15, 0.2) is 54.6 Å². The fourth-order valence-electron chi connectivity index (χ4n) is 2.80. The maximum atomic E-state index is 13.0. The largest absolute Gasteiger partial charge is 0.354 e. The van der Waals surface area contributed by atoms with Crippen LogP contribution in [0.4, 0.5) is 0 Å². The fraction of sp³-hybridized carbons (Fsp3) is 0.391. The minimum Gasteiger partial charge on any atom is -0.354 e. The summed E-state index contributed by atoms with van der Waals surface area (Å²) in [5.74, 6) is 0.206. The van der Waals surface area contributed by atoms with Gasteiger partial charge in [0.05, 0.1) is 6.42 Å². The van der Waals surface area contributed by atoms with Crippen LogP contribution < -0.4 is 5.32 Å². The number of rotatable bonds is 8. The number of aryl methyl sites for hydroxylation is 1. The summed E-state index contributed by atoms with van der Waals surface area (Å²) in [5, 5.41) is 2.94. The highest BCUT2D eigenvalue weighted by molar-refractivity contribution is 5.88. The molecule has 2 aromatic rings. The van der Waals surface area contributed by atoms with E-state index < -0.39 is 6.04 Å². The van der Waals surface area contributed by atoms with E-state index in [0.29, 0.717) is 19.0 Å². The number of hydrogen-bond donors (Lipinski definition) is 1. The van der Waals surface area contributed by atoms with Crippen molar-refractivity contribution in [3.8, 4) is 0 Å². The molecule has 0 aliphatic carbocycles. The molecule has 0 aliphatic rings. The second kappa shape index (κ2) is 9.91. The Labute approximate surface area is 162 Å². The second-order valence-electron chi connectivity index (χ2n) is 7.48. The van der Waals surface area contributed by atoms with Crippen molar-refractivity contribution in [2.45, 2.75) is 46.7 Å². The fourth-order valence-corrected chi connectivity index (χ4v) is 2.80. The number of benzene rings is 2. The van der Waals surface area contributed by atoms with Crippen LogP contribution >= 0.6 is 0 Å². The molecule has 0 heterocycles. The smallest absolute Gasteiger partial charge is 0.242 e. The number of hydrogen-bond acceptors (Lipinski definition) is 2. The molecule has 0 fully saturated rings. The third-order valence-corrected chi connectivity index (χ3v) is 4.52. The van der Waals surface area contributed by atoms with Crippen molar-refractivity contribution >= 4 is 11.8 Å². The Morgan fingerprint density at radius 2 is 1.56 bits per heavy atom. The first-order valence-electron chi connectivity index (χ1n) is 9.53. The molecule has 2 amide bonds. The molecule has 27 heavy (non-hydrogen) atoms. The molecule has 1 N–H and O–H groups in total. The van der Waals surface area contributed by atoms with E-state index in [1.807, 2.05) is 61.5 Å². The molecule has 0 spiro atoms. The van der Waals surface area contributed by atoms with Gasteiger partial charge in [0.25, 0.3) is 0 Å². The quantitative estimate of drug-likeness (QED) is 0.774. The van der Waals surface area contributed by atoms with Crippen molar-refractivity contribution in [2.75, 3.05) is 6.54 Å². The van der Waals surface area contributed by atoms with Gasteiger partial charge in [0.1, 0.15) is 6.04 Å². The predicted molar refractivity (Wildman–Crippen MR) is 109 cm³/mol. The topological polar surface area (TPSA) is 49.4 Å². The highest BCUT2D eigenvalue weighted by Crippen LogP contribution is 2.13. The summed E-state index contributed by atoms with van der Waals surface area (Å²) < 4.78 is 0. The molecule has 2 rings (SSSR count). The Morgan fingerprint density at radius 1 is 0.926 bits per heavy atom. The summed E-state index contributed by atoms with van der Waals surface area (Å²) in [7, 11) is 0. The number of carbonyl (C=O) groups is 2. The van der Waals surface area contributed by atoms with Gasteiger partial charge in [0, 0.05) is 13.1 Å². The first-order chi connectivity index (χ1) is 12.9. The maximum Gasteiger partial charge on any atom is 0.242 e. The molecule has 4 heteroatoms. The predicted octanol–water partition coefficient (Wildman–Crippen LogP) is 3.73. The molecule has 0 radical (unpaired) electrons. The van der Waals surface area contributed by atoms with E-state index in [-0.39, 0.29) is 18.2 Å². The van der Waals surface area contributed by atoms with E-state index in [1.165, 1.54) is 5.56 Å². The monoisotopic (exact) mass is 366 g/mol. The molecule has 1 atom stereocenters. The third kappa shape index (κ3) is 6.55. The van der Waals surface area contributed by atoms with Crippen molar-refractivity contribution in [2.24, 2.45) is 5.92 Å². The molecular formula is C23H30N2O2. The lowest BCUT2D eigenvalue weighted by atomic mass is 10.1. The molecule has 2 aromatic carbocycles. The number of nitrogens with zero attached hydrogens (tertiary/aromatic N) is 1. The number of amides is 2. The molecule has 0 aromatic heterocycles. The first kappa shape index (κ1) is 20.7. The van der Waals surface area contributed by atoms with Gasteiger partial charge in [-0.2, -0.15) is 0 Å². The van der Waals surface area contributed by atoms with E-state index >= 15 is 0 Å². The van der Waals surface area contributed by atoms with Crippen molar-refractivity contribution in [1.82, 2.24) is 10.2 Å². The van der Waals surface area contributed by atoms with Crippen LogP contribution in [0.5, 0.6) is 0 Å². The maximum absolute atomic E-state index is 13.0. The molecule has 144 valence electrons. The number of carbonyl (C=O) groups excluding carboxylic acids is 2. The van der Waals surface area contributed by atoms with Gasteiger partial charge < -0.3 is 10.2 Å². The van der Waals surface area contributed by atoms with E-state index in [0.717, 1.165) is 11.1 Å². The standard InChI is InChI=1S/C23H30N2O2/c1-17(2)15-24-23(27)19(4)25(16-21-12-10-18(3)11-13-21)22(26)14-20-8-6-5-7-9-20/h5-13,17,19H,14-16H2,1-4H3,(H,24,27)/t19-/m0/s1. The Balaban J connectivity index is 2.17. The van der Waals surface area contributed by atoms with Crippen LogP contribution in [0, 0.1) is 12.8 Å². The lowest BCUT2D eigenvalue weighted by Gasteiger charge is -2.29. The zero-order valence-corrected chi connectivity index (χ0v) is 16.7. The van der Waals surface area contributed by atoms with Crippen molar-refractivity contribution in [1.29, 1.82) is 0 Å². The van der Waals surface area contributed by atoms with Gasteiger partial charge in [-0.3, -0.25) is 9.59 Å². The van der Waals surface area contributed by atoms with E-state index in [2.05, 4.69) is 19.2 Å². The normalized spacial score (nSPS) is 11.9. The van der Waals surface area contributed by atoms with Gasteiger partial charge in [-0.15, -0.1) is 0 Å². The summed E-state index contributed by atoms with van der Waals surface area (Å²) in [4.78, 5) is 27.3. The van der Waals surface area contributed by atoms with Gasteiger partial charge in [-0.25, -0.2) is 0 Å². The van der Waals surface area contributed by atoms with Crippen molar-refractivity contribution in [3.05, 3.63) is 71.3 Å². The molecule has 4 nitrogen and oxygen atoms in total. The summed E-state index contributed by atoms with van der Waals surface area (Å²) >= 11 is 0. The van der Waals surface area contributed by atoms with Crippen molar-refractivity contribution in [3.63, 3.8) is 0 Å². The van der Waals surface area contributed by atoms with Gasteiger partial charge >= 0.3 is 0 Å². The summed E-state index contributed by atoms with van der Waals surface area (Å²) in [5.41, 5.74) is 3.14. The lowest BCUT2D eigenvalue weighted by Crippen LogP contribution is -2.48. The van der Waals surface area contributed by atoms with Gasteiger partial charge in [0.2, 0.25) is 11.8 Å². The summed E-state index contributed by atoms with van der Waals surface area (Å²) in [6, 6.07) is 17.2. The molecule has 0 saturated carbocycles. The van der Waals surface area contributed by atoms with Crippen LogP contribution in [-0.4, -0.2) is 29.3 Å². The molecule has 0 aliphatic heterocycles. The molecule has 0 unspecified atom stereocenters. The minimum absolute atomic E-state index is 0.0472. The van der Waals surface area contributed by atoms with Crippen LogP contribution in [0.1, 0.15) is 37.5 Å². The molecule has 0 saturated heterocycles. The molecule has 0 bridgehead atoms. The highest BCUT2D eigenvalue weighted by atomic mass is 16.2. The average Bonchev–Trinajstić information content (AvgIpc) is 2.65. The highest BCUT2D eigenvalue weighted by Gasteiger charge is 2.26. The van der Waals surface area contributed by atoms with Gasteiger partial charge in [-0.05, 0) is 30.9 Å². The third-order valence-electron chi connectivity index (χ3n) is 4.52. The second-order valence-corrected chi connectivity index (χ2v) is 7.48. The average molecular weight is 367 g/mol. The Morgan fingerprint density at radius 3 is 2.15 bits per heavy atom. The Hall–Kier alpha value is -2.62. The minimum atomic E-state index is -0.527. The van der Waals surface area contributed by atoms with E-state index in [1.54, 1.807) is 11.8 Å². The molecular weight excluding hydrogens is 336 g/mol. The van der Waals surface area contributed by atoms with Crippen LogP contribution in [0.2, 0.25) is 0 Å². The van der Waals surface area contributed by atoms with Crippen LogP contribution in [-0.2, 0) is 22.6 Å². The number of nitrogens with one attached hydrogen (secondary N) is 1. The Kier molecular flexibility index (Phi) is 7.59. The van der Waals surface area contributed by atoms with Gasteiger partial charge in [-0.1, -0.05) is 74.0 Å². The summed E-state index contributed by atoms with van der Waals surface area (Å²) in [6.45, 7) is 8.96. The SMILES string of the molecule is Cc1ccc(CN(C(=O)Cc2ccccc2)[C@@H](C)C(=O)NCC(C)C)cc1. The van der Waals surface area contributed by atoms with Crippen LogP contribution in [0.25, 0.3) is 0 Å². The Bertz CT molecular complexity index is 739. The summed E-state index contributed by atoms with van der Waals surface area (Å²) in [6.07, 6.45) is 0.286.